The minimum Gasteiger partial charge on any atom is -0.458 e. The fraction of sp³-hybridized carbons (Fsp3) is 0.286. The zero-order valence-corrected chi connectivity index (χ0v) is 8.16. The maximum atomic E-state index is 10.5. The van der Waals surface area contributed by atoms with Crippen molar-refractivity contribution in [3.05, 3.63) is 24.8 Å². The van der Waals surface area contributed by atoms with E-state index in [1.807, 2.05) is 0 Å². The molecule has 0 rings (SSSR count). The lowest BCUT2D eigenvalue weighted by Crippen LogP contribution is -2.03. The van der Waals surface area contributed by atoms with Crippen LogP contribution in [0.1, 0.15) is 6.92 Å². The maximum Gasteiger partial charge on any atom is 0.692 e. The molecule has 0 aromatic carbocycles. The summed E-state index contributed by atoms with van der Waals surface area (Å²) in [4.78, 5) is 24.8. The van der Waals surface area contributed by atoms with Crippen molar-refractivity contribution in [3.63, 3.8) is 0 Å². The highest BCUT2D eigenvalue weighted by Gasteiger charge is 1.98. The van der Waals surface area contributed by atoms with Crippen molar-refractivity contribution in [1.29, 1.82) is 0 Å². The number of hydrogen-bond acceptors (Lipinski definition) is 3. The first-order valence-corrected chi connectivity index (χ1v) is 4.36. The van der Waals surface area contributed by atoms with Crippen LogP contribution in [0.5, 0.6) is 0 Å². The SMILES string of the molecule is C=CCOC(=O)C(=C)C.O=[P+](O)O. The van der Waals surface area contributed by atoms with Gasteiger partial charge in [0.25, 0.3) is 0 Å². The highest BCUT2D eigenvalue weighted by Crippen LogP contribution is 1.98. The van der Waals surface area contributed by atoms with Gasteiger partial charge in [0.05, 0.1) is 0 Å². The third-order valence-electron chi connectivity index (χ3n) is 0.681. The Balaban J connectivity index is 0. The van der Waals surface area contributed by atoms with Crippen LogP contribution < -0.4 is 0 Å². The van der Waals surface area contributed by atoms with Gasteiger partial charge >= 0.3 is 14.2 Å². The molecule has 0 atom stereocenters. The Morgan fingerprint density at radius 1 is 1.62 bits per heavy atom. The lowest BCUT2D eigenvalue weighted by molar-refractivity contribution is -0.137. The zero-order chi connectivity index (χ0) is 10.9. The molecule has 13 heavy (non-hydrogen) atoms. The van der Waals surface area contributed by atoms with Crippen molar-refractivity contribution < 1.29 is 23.9 Å². The van der Waals surface area contributed by atoms with Crippen molar-refractivity contribution >= 4 is 14.2 Å². The number of esters is 1. The quantitative estimate of drug-likeness (QED) is 0.311. The molecule has 0 radical (unpaired) electrons. The minimum absolute atomic E-state index is 0.256. The minimum atomic E-state index is -2.87. The van der Waals surface area contributed by atoms with E-state index in [1.165, 1.54) is 6.08 Å². The van der Waals surface area contributed by atoms with Crippen molar-refractivity contribution in [2.45, 2.75) is 6.92 Å². The summed E-state index contributed by atoms with van der Waals surface area (Å²) in [5, 5.41) is 0. The van der Waals surface area contributed by atoms with Gasteiger partial charge in [0.2, 0.25) is 0 Å². The Kier molecular flexibility index (Phi) is 10.1. The summed E-state index contributed by atoms with van der Waals surface area (Å²) in [5.74, 6) is -0.366. The van der Waals surface area contributed by atoms with E-state index in [4.69, 9.17) is 14.4 Å². The van der Waals surface area contributed by atoms with Crippen molar-refractivity contribution in [1.82, 2.24) is 0 Å². The second-order valence-electron chi connectivity index (χ2n) is 1.92. The molecule has 0 aliphatic carbocycles. The van der Waals surface area contributed by atoms with Crippen LogP contribution in [0.4, 0.5) is 0 Å². The van der Waals surface area contributed by atoms with Crippen molar-refractivity contribution in [3.8, 4) is 0 Å². The standard InChI is InChI=1S/C7H10O2.HO3P/c1-4-5-9-7(8)6(2)3;1-4(2)3/h4H,1-2,5H2,3H3;(H-,1,2,3)/p+1. The first-order chi connectivity index (χ1) is 5.91. The van der Waals surface area contributed by atoms with Gasteiger partial charge in [0, 0.05) is 10.1 Å². The highest BCUT2D eigenvalue weighted by molar-refractivity contribution is 7.30. The molecule has 0 bridgehead atoms. The molecule has 0 saturated carbocycles. The molecular formula is C7H12O5P+. The molecule has 0 aliphatic rings. The smallest absolute Gasteiger partial charge is 0.458 e. The molecule has 0 unspecified atom stereocenters. The normalized spacial score (nSPS) is 7.62. The summed E-state index contributed by atoms with van der Waals surface area (Å²) in [7, 11) is -2.87. The van der Waals surface area contributed by atoms with Gasteiger partial charge in [-0.2, -0.15) is 0 Å². The lowest BCUT2D eigenvalue weighted by atomic mass is 10.4. The fourth-order valence-electron chi connectivity index (χ4n) is 0.258. The van der Waals surface area contributed by atoms with E-state index in [2.05, 4.69) is 17.9 Å². The number of rotatable bonds is 3. The molecule has 0 heterocycles. The Bertz CT molecular complexity index is 207. The topological polar surface area (TPSA) is 83.8 Å². The van der Waals surface area contributed by atoms with E-state index >= 15 is 0 Å². The molecule has 6 heteroatoms. The predicted octanol–water partition coefficient (Wildman–Crippen LogP) is 0.920. The third kappa shape index (κ3) is 18.2. The van der Waals surface area contributed by atoms with E-state index in [-0.39, 0.29) is 12.6 Å². The summed E-state index contributed by atoms with van der Waals surface area (Å²) < 4.78 is 13.3. The molecule has 0 saturated heterocycles. The van der Waals surface area contributed by atoms with Crippen molar-refractivity contribution in [2.75, 3.05) is 6.61 Å². The molecule has 0 spiro atoms. The van der Waals surface area contributed by atoms with Crippen LogP contribution in [0.15, 0.2) is 24.8 Å². The van der Waals surface area contributed by atoms with Gasteiger partial charge in [0.15, 0.2) is 0 Å². The van der Waals surface area contributed by atoms with Gasteiger partial charge in [-0.15, -0.1) is 9.79 Å². The second kappa shape index (κ2) is 9.06. The van der Waals surface area contributed by atoms with Gasteiger partial charge in [-0.1, -0.05) is 19.2 Å². The van der Waals surface area contributed by atoms with Gasteiger partial charge in [-0.3, -0.25) is 0 Å². The Morgan fingerprint density at radius 3 is 2.23 bits per heavy atom. The molecule has 0 aromatic rings. The van der Waals surface area contributed by atoms with Crippen LogP contribution in [0.3, 0.4) is 0 Å². The Morgan fingerprint density at radius 2 is 2.00 bits per heavy atom. The molecule has 0 aromatic heterocycles. The monoisotopic (exact) mass is 207 g/mol. The molecule has 5 nitrogen and oxygen atoms in total. The summed E-state index contributed by atoms with van der Waals surface area (Å²) in [6.45, 7) is 8.64. The van der Waals surface area contributed by atoms with E-state index in [0.29, 0.717) is 5.57 Å². The van der Waals surface area contributed by atoms with E-state index in [9.17, 15) is 4.79 Å². The summed E-state index contributed by atoms with van der Waals surface area (Å²) in [5.41, 5.74) is 0.414. The van der Waals surface area contributed by atoms with E-state index in [1.54, 1.807) is 6.92 Å². The molecule has 0 amide bonds. The molecule has 0 aliphatic heterocycles. The molecule has 74 valence electrons. The highest BCUT2D eigenvalue weighted by atomic mass is 31.1. The number of ether oxygens (including phenoxy) is 1. The van der Waals surface area contributed by atoms with Gasteiger partial charge in [-0.05, 0) is 6.92 Å². The van der Waals surface area contributed by atoms with Gasteiger partial charge in [0.1, 0.15) is 6.61 Å². The molecule has 2 N–H and O–H groups in total. The molecule has 0 fully saturated rings. The summed E-state index contributed by atoms with van der Waals surface area (Å²) in [6, 6.07) is 0. The van der Waals surface area contributed by atoms with Crippen LogP contribution in [-0.2, 0) is 14.1 Å². The fourth-order valence-corrected chi connectivity index (χ4v) is 0.258. The Labute approximate surface area is 77.3 Å². The van der Waals surface area contributed by atoms with Gasteiger partial charge < -0.3 is 4.74 Å². The first-order valence-electron chi connectivity index (χ1n) is 3.20. The van der Waals surface area contributed by atoms with Crippen LogP contribution in [0, 0.1) is 0 Å². The second-order valence-corrected chi connectivity index (χ2v) is 2.43. The van der Waals surface area contributed by atoms with Crippen LogP contribution >= 0.6 is 8.25 Å². The number of hydrogen-bond donors (Lipinski definition) is 2. The predicted molar refractivity (Wildman–Crippen MR) is 48.0 cm³/mol. The summed E-state index contributed by atoms with van der Waals surface area (Å²) >= 11 is 0. The van der Waals surface area contributed by atoms with Crippen LogP contribution in [0.25, 0.3) is 0 Å². The summed E-state index contributed by atoms with van der Waals surface area (Å²) in [6.07, 6.45) is 1.51. The van der Waals surface area contributed by atoms with E-state index < -0.39 is 8.25 Å². The first kappa shape index (κ1) is 14.5. The Hall–Kier alpha value is -1.03. The zero-order valence-electron chi connectivity index (χ0n) is 7.27. The van der Waals surface area contributed by atoms with Gasteiger partial charge in [-0.25, -0.2) is 4.79 Å². The lowest BCUT2D eigenvalue weighted by Gasteiger charge is -1.97. The average molecular weight is 207 g/mol. The number of carbonyl (C=O) groups excluding carboxylic acids is 1. The van der Waals surface area contributed by atoms with Crippen LogP contribution in [0.2, 0.25) is 0 Å². The largest absolute Gasteiger partial charge is 0.692 e. The maximum absolute atomic E-state index is 10.5. The van der Waals surface area contributed by atoms with Crippen LogP contribution in [-0.4, -0.2) is 22.4 Å². The van der Waals surface area contributed by atoms with E-state index in [0.717, 1.165) is 0 Å². The molecular weight excluding hydrogens is 195 g/mol. The third-order valence-corrected chi connectivity index (χ3v) is 0.681. The van der Waals surface area contributed by atoms with Crippen molar-refractivity contribution in [2.24, 2.45) is 0 Å². The average Bonchev–Trinajstić information content (AvgIpc) is 1.98. The number of carbonyl (C=O) groups is 1.